The summed E-state index contributed by atoms with van der Waals surface area (Å²) in [5, 5.41) is 20.3. The number of β-amino-alcohol motifs (C(OH)–C–C–N with tert-alkyl or cyclic N) is 1. The maximum Gasteiger partial charge on any atom is 0.407 e. The van der Waals surface area contributed by atoms with Crippen LogP contribution in [0.15, 0.2) is 30.3 Å². The van der Waals surface area contributed by atoms with Gasteiger partial charge in [-0.3, -0.25) is 14.5 Å². The van der Waals surface area contributed by atoms with Crippen LogP contribution >= 0.6 is 0 Å². The predicted octanol–water partition coefficient (Wildman–Crippen LogP) is 3.20. The Morgan fingerprint density at radius 2 is 1.65 bits per heavy atom. The van der Waals surface area contributed by atoms with Gasteiger partial charge >= 0.3 is 6.09 Å². The Morgan fingerprint density at radius 3 is 2.24 bits per heavy atom. The van der Waals surface area contributed by atoms with Crippen LogP contribution in [0.3, 0.4) is 0 Å². The first kappa shape index (κ1) is 37.8. The van der Waals surface area contributed by atoms with E-state index < -0.39 is 56.4 Å². The fourth-order valence-electron chi connectivity index (χ4n) is 6.54. The highest BCUT2D eigenvalue weighted by Crippen LogP contribution is 2.39. The van der Waals surface area contributed by atoms with Gasteiger partial charge in [-0.05, 0) is 77.7 Å². The van der Waals surface area contributed by atoms with Gasteiger partial charge in [-0.2, -0.15) is 0 Å². The van der Waals surface area contributed by atoms with Crippen molar-refractivity contribution in [3.05, 3.63) is 35.9 Å². The molecule has 1 aliphatic heterocycles. The molecule has 46 heavy (non-hydrogen) atoms. The molecule has 2 fully saturated rings. The quantitative estimate of drug-likeness (QED) is 0.251. The third-order valence-corrected chi connectivity index (χ3v) is 11.6. The number of nitrogens with one attached hydrogen (secondary N) is 3. The van der Waals surface area contributed by atoms with E-state index in [1.54, 1.807) is 0 Å². The zero-order chi connectivity index (χ0) is 34.3. The molecule has 1 aliphatic carbocycles. The molecule has 0 bridgehead atoms. The summed E-state index contributed by atoms with van der Waals surface area (Å²) >= 11 is 0. The van der Waals surface area contributed by atoms with Crippen LogP contribution in [0.5, 0.6) is 0 Å². The van der Waals surface area contributed by atoms with Crippen LogP contribution in [-0.4, -0.2) is 96.8 Å². The van der Waals surface area contributed by atoms with Gasteiger partial charge in [-0.1, -0.05) is 56.5 Å². The minimum absolute atomic E-state index is 0.0721. The van der Waals surface area contributed by atoms with E-state index in [0.717, 1.165) is 37.5 Å². The molecule has 2 aliphatic rings. The third kappa shape index (κ3) is 10.4. The van der Waals surface area contributed by atoms with Crippen LogP contribution in [0.4, 0.5) is 4.79 Å². The molecule has 6 atom stereocenters. The topological polar surface area (TPSA) is 154 Å². The Hall–Kier alpha value is -2.70. The fraction of sp³-hybridized carbons (Fsp3) is 0.735. The summed E-state index contributed by atoms with van der Waals surface area (Å²) in [5.74, 6) is 0.0595. The second-order valence-electron chi connectivity index (χ2n) is 14.7. The van der Waals surface area contributed by atoms with Crippen molar-refractivity contribution in [2.45, 2.75) is 121 Å². The molecular weight excluding hydrogens is 608 g/mol. The normalized spacial score (nSPS) is 22.9. The van der Waals surface area contributed by atoms with E-state index in [1.165, 1.54) is 13.8 Å². The fourth-order valence-corrected chi connectivity index (χ4v) is 7.13. The number of fused-ring (bicyclic) bond motifs is 1. The maximum absolute atomic E-state index is 13.9. The van der Waals surface area contributed by atoms with Crippen LogP contribution in [0, 0.1) is 11.8 Å². The average Bonchev–Trinajstić information content (AvgIpc) is 2.97. The van der Waals surface area contributed by atoms with Gasteiger partial charge in [-0.25, -0.2) is 13.2 Å². The third-order valence-electron chi connectivity index (χ3n) is 9.43. The number of sulfone groups is 1. The lowest BCUT2D eigenvalue weighted by atomic mass is 9.72. The highest BCUT2D eigenvalue weighted by atomic mass is 32.2. The molecule has 12 heteroatoms. The molecule has 1 saturated carbocycles. The van der Waals surface area contributed by atoms with Crippen molar-refractivity contribution in [2.75, 3.05) is 26.0 Å². The molecule has 3 rings (SSSR count). The number of hydrogen-bond donors (Lipinski definition) is 4. The zero-order valence-electron chi connectivity index (χ0n) is 28.7. The van der Waals surface area contributed by atoms with E-state index >= 15 is 0 Å². The number of hydrogen-bond acceptors (Lipinski definition) is 8. The number of likely N-dealkylation sites (tertiary alicyclic amines) is 1. The van der Waals surface area contributed by atoms with Crippen LogP contribution in [0.2, 0.25) is 0 Å². The van der Waals surface area contributed by atoms with Gasteiger partial charge in [0, 0.05) is 24.9 Å². The summed E-state index contributed by atoms with van der Waals surface area (Å²) in [7, 11) is -3.84. The lowest BCUT2D eigenvalue weighted by Crippen LogP contribution is -2.64. The second kappa shape index (κ2) is 15.9. The highest BCUT2D eigenvalue weighted by molar-refractivity contribution is 7.92. The zero-order valence-corrected chi connectivity index (χ0v) is 29.5. The van der Waals surface area contributed by atoms with Crippen LogP contribution in [0.25, 0.3) is 0 Å². The number of aliphatic hydroxyl groups excluding tert-OH is 1. The van der Waals surface area contributed by atoms with E-state index in [0.29, 0.717) is 31.2 Å². The number of rotatable bonds is 13. The van der Waals surface area contributed by atoms with Crippen molar-refractivity contribution >= 4 is 27.7 Å². The Balaban J connectivity index is 1.91. The summed E-state index contributed by atoms with van der Waals surface area (Å²) in [6.07, 6.45) is 5.00. The van der Waals surface area contributed by atoms with Crippen LogP contribution < -0.4 is 16.0 Å². The number of carbonyl (C=O) groups excluding carboxylic acids is 3. The number of carbonyl (C=O) groups is 3. The van der Waals surface area contributed by atoms with Crippen molar-refractivity contribution in [2.24, 2.45) is 11.8 Å². The number of piperidine rings is 1. The first-order valence-corrected chi connectivity index (χ1v) is 18.5. The van der Waals surface area contributed by atoms with Gasteiger partial charge in [-0.15, -0.1) is 0 Å². The predicted molar refractivity (Wildman–Crippen MR) is 179 cm³/mol. The van der Waals surface area contributed by atoms with Crippen molar-refractivity contribution in [1.29, 1.82) is 0 Å². The average molecular weight is 665 g/mol. The van der Waals surface area contributed by atoms with Crippen molar-refractivity contribution < 1.29 is 32.6 Å². The highest BCUT2D eigenvalue weighted by Gasteiger charge is 2.46. The molecule has 1 saturated heterocycles. The van der Waals surface area contributed by atoms with Gasteiger partial charge < -0.3 is 25.8 Å². The molecule has 260 valence electrons. The molecule has 0 unspecified atom stereocenters. The van der Waals surface area contributed by atoms with E-state index in [-0.39, 0.29) is 25.5 Å². The molecule has 0 aromatic heterocycles. The molecule has 4 N–H and O–H groups in total. The molecular formula is C34H56N4O7S. The molecule has 1 heterocycles. The van der Waals surface area contributed by atoms with Crippen molar-refractivity contribution in [3.63, 3.8) is 0 Å². The molecule has 1 aromatic carbocycles. The maximum atomic E-state index is 13.9. The molecule has 3 amide bonds. The Labute approximate surface area is 275 Å². The number of ether oxygens (including phenoxy) is 1. The van der Waals surface area contributed by atoms with Crippen LogP contribution in [0.1, 0.15) is 85.6 Å². The van der Waals surface area contributed by atoms with Gasteiger partial charge in [0.15, 0.2) is 9.84 Å². The first-order valence-electron chi connectivity index (χ1n) is 16.6. The lowest BCUT2D eigenvalue weighted by Gasteiger charge is -2.47. The van der Waals surface area contributed by atoms with E-state index in [9.17, 15) is 27.9 Å². The summed E-state index contributed by atoms with van der Waals surface area (Å²) in [6, 6.07) is 6.60. The largest absolute Gasteiger partial charge is 0.450 e. The van der Waals surface area contributed by atoms with Crippen molar-refractivity contribution in [1.82, 2.24) is 20.9 Å². The van der Waals surface area contributed by atoms with Gasteiger partial charge in [0.1, 0.15) is 6.04 Å². The van der Waals surface area contributed by atoms with E-state index in [4.69, 9.17) is 4.74 Å². The summed E-state index contributed by atoms with van der Waals surface area (Å²) in [6.45, 7) is 11.3. The summed E-state index contributed by atoms with van der Waals surface area (Å²) in [4.78, 5) is 42.1. The molecule has 11 nitrogen and oxygen atoms in total. The Morgan fingerprint density at radius 1 is 1.02 bits per heavy atom. The first-order chi connectivity index (χ1) is 21.4. The molecule has 0 radical (unpaired) electrons. The molecule has 0 spiro atoms. The second-order valence-corrected chi connectivity index (χ2v) is 17.3. The van der Waals surface area contributed by atoms with E-state index in [1.807, 2.05) is 58.0 Å². The van der Waals surface area contributed by atoms with Crippen molar-refractivity contribution in [3.8, 4) is 0 Å². The summed E-state index contributed by atoms with van der Waals surface area (Å²) < 4.78 is 29.1. The number of alkyl carbamates (subject to hydrolysis) is 1. The number of benzene rings is 1. The Kier molecular flexibility index (Phi) is 13.1. The number of amides is 3. The van der Waals surface area contributed by atoms with Gasteiger partial charge in [0.25, 0.3) is 0 Å². The Bertz CT molecular complexity index is 1280. The van der Waals surface area contributed by atoms with Gasteiger partial charge in [0.05, 0.1) is 29.5 Å². The van der Waals surface area contributed by atoms with Crippen LogP contribution in [-0.2, 0) is 30.6 Å². The standard InChI is InChI=1S/C34H56N4O7S/c1-8-18-45-32(42)36-29(34(5,6)46(7,43)44)31(41)35-26(19-23-14-10-9-11-15-23)28(39)22-38-21-25-17-13-12-16-24(25)20-27(38)30(40)37-33(2,3)4/h9-11,14-15,24-29,39H,8,12-13,16-22H2,1-7H3,(H,35,41)(H,36,42)(H,37,40)/t24-,25+,26-,27-,28+,29+/m0/s1. The lowest BCUT2D eigenvalue weighted by molar-refractivity contribution is -0.133. The SMILES string of the molecule is CCCOC(=O)N[C@H](C(=O)N[C@@H](Cc1ccccc1)[C@H](O)CN1C[C@H]2CCCC[C@H]2C[C@H]1C(=O)NC(C)(C)C)C(C)(C)S(C)(=O)=O. The molecule has 1 aromatic rings. The monoisotopic (exact) mass is 664 g/mol. The summed E-state index contributed by atoms with van der Waals surface area (Å²) in [5.41, 5.74) is 0.440. The minimum atomic E-state index is -3.84. The van der Waals surface area contributed by atoms with E-state index in [2.05, 4.69) is 20.9 Å². The van der Waals surface area contributed by atoms with Gasteiger partial charge in [0.2, 0.25) is 11.8 Å². The smallest absolute Gasteiger partial charge is 0.407 e. The number of aliphatic hydroxyl groups is 1. The number of nitrogens with zero attached hydrogens (tertiary/aromatic N) is 1. The minimum Gasteiger partial charge on any atom is -0.450 e.